The Balaban J connectivity index is 2.45. The van der Waals surface area contributed by atoms with Crippen LogP contribution in [0.3, 0.4) is 0 Å². The maximum atomic E-state index is 2.30. The molecule has 0 saturated heterocycles. The fraction of sp³-hybridized carbons (Fsp3) is 0.467. The molecule has 0 aliphatic rings. The predicted molar refractivity (Wildman–Crippen MR) is 68.1 cm³/mol. The lowest BCUT2D eigenvalue weighted by molar-refractivity contribution is 0.542. The molecule has 0 aliphatic heterocycles. The highest BCUT2D eigenvalue weighted by Crippen LogP contribution is 2.16. The van der Waals surface area contributed by atoms with E-state index >= 15 is 0 Å². The molecular formula is C15H22. The molecular weight excluding hydrogens is 180 g/mol. The molecule has 0 aliphatic carbocycles. The predicted octanol–water partition coefficient (Wildman–Crippen LogP) is 4.53. The van der Waals surface area contributed by atoms with Gasteiger partial charge in [-0.1, -0.05) is 57.2 Å². The molecule has 0 atom stereocenters. The minimum Gasteiger partial charge on any atom is -0.0877 e. The molecule has 0 nitrogen and oxygen atoms in total. The Morgan fingerprint density at radius 1 is 1.13 bits per heavy atom. The van der Waals surface area contributed by atoms with Gasteiger partial charge in [-0.05, 0) is 36.3 Å². The minimum atomic E-state index is 0.311. The minimum absolute atomic E-state index is 0.311. The summed E-state index contributed by atoms with van der Waals surface area (Å²) in [6.07, 6.45) is 6.89. The van der Waals surface area contributed by atoms with Gasteiger partial charge in [-0.3, -0.25) is 0 Å². The van der Waals surface area contributed by atoms with E-state index in [1.165, 1.54) is 11.1 Å². The number of benzene rings is 1. The van der Waals surface area contributed by atoms with Crippen molar-refractivity contribution in [2.75, 3.05) is 0 Å². The summed E-state index contributed by atoms with van der Waals surface area (Å²) in [5, 5.41) is 0. The molecule has 0 radical (unpaired) electrons. The van der Waals surface area contributed by atoms with Gasteiger partial charge in [0, 0.05) is 0 Å². The van der Waals surface area contributed by atoms with E-state index in [9.17, 15) is 0 Å². The van der Waals surface area contributed by atoms with Crippen LogP contribution >= 0.6 is 0 Å². The summed E-state index contributed by atoms with van der Waals surface area (Å²) in [5.41, 5.74) is 3.18. The van der Waals surface area contributed by atoms with E-state index in [4.69, 9.17) is 0 Å². The molecule has 0 heteroatoms. The Hall–Kier alpha value is -1.04. The van der Waals surface area contributed by atoms with E-state index in [0.717, 1.165) is 12.8 Å². The monoisotopic (exact) mass is 202 g/mol. The van der Waals surface area contributed by atoms with Crippen LogP contribution in [0.15, 0.2) is 36.4 Å². The quantitative estimate of drug-likeness (QED) is 0.632. The van der Waals surface area contributed by atoms with Gasteiger partial charge in [-0.15, -0.1) is 0 Å². The summed E-state index contributed by atoms with van der Waals surface area (Å²) < 4.78 is 0. The fourth-order valence-corrected chi connectivity index (χ4v) is 1.57. The molecule has 0 unspecified atom stereocenters. The first-order chi connectivity index (χ1) is 6.99. The van der Waals surface area contributed by atoms with Gasteiger partial charge in [-0.25, -0.2) is 0 Å². The first-order valence-corrected chi connectivity index (χ1v) is 5.71. The van der Waals surface area contributed by atoms with Crippen molar-refractivity contribution in [3.8, 4) is 0 Å². The van der Waals surface area contributed by atoms with Crippen LogP contribution in [-0.2, 0) is 6.42 Å². The Bertz CT molecular complexity index is 326. The van der Waals surface area contributed by atoms with Crippen molar-refractivity contribution in [1.29, 1.82) is 0 Å². The number of aryl methyl sites for hydroxylation is 2. The average Bonchev–Trinajstić information content (AvgIpc) is 2.13. The number of rotatable bonds is 3. The molecule has 1 aromatic rings. The van der Waals surface area contributed by atoms with Crippen LogP contribution in [0.2, 0.25) is 0 Å². The second-order valence-corrected chi connectivity index (χ2v) is 5.23. The third-order valence-electron chi connectivity index (χ3n) is 2.46. The normalized spacial score (nSPS) is 12.3. The van der Waals surface area contributed by atoms with Crippen molar-refractivity contribution in [3.05, 3.63) is 47.5 Å². The zero-order valence-electron chi connectivity index (χ0n) is 10.4. The van der Waals surface area contributed by atoms with Crippen LogP contribution in [0.1, 0.15) is 38.3 Å². The zero-order chi connectivity index (χ0) is 11.3. The molecule has 0 spiro atoms. The molecule has 82 valence electrons. The molecule has 0 fully saturated rings. The van der Waals surface area contributed by atoms with Crippen molar-refractivity contribution in [2.45, 2.75) is 40.5 Å². The first kappa shape index (κ1) is 12.0. The number of allylic oxidation sites excluding steroid dienone is 2. The highest BCUT2D eigenvalue weighted by molar-refractivity contribution is 5.25. The van der Waals surface area contributed by atoms with Crippen molar-refractivity contribution < 1.29 is 0 Å². The van der Waals surface area contributed by atoms with Crippen LogP contribution in [0.5, 0.6) is 0 Å². The van der Waals surface area contributed by atoms with Crippen molar-refractivity contribution in [3.63, 3.8) is 0 Å². The van der Waals surface area contributed by atoms with Crippen LogP contribution in [0.4, 0.5) is 0 Å². The highest BCUT2D eigenvalue weighted by Gasteiger charge is 2.02. The third kappa shape index (κ3) is 4.83. The van der Waals surface area contributed by atoms with Gasteiger partial charge < -0.3 is 0 Å². The van der Waals surface area contributed by atoms with E-state index in [1.807, 2.05) is 0 Å². The molecule has 0 heterocycles. The van der Waals surface area contributed by atoms with Gasteiger partial charge >= 0.3 is 0 Å². The highest BCUT2D eigenvalue weighted by atomic mass is 14.1. The van der Waals surface area contributed by atoms with Crippen molar-refractivity contribution in [2.24, 2.45) is 5.41 Å². The van der Waals surface area contributed by atoms with Crippen LogP contribution in [-0.4, -0.2) is 0 Å². The number of hydrogen-bond donors (Lipinski definition) is 0. The Morgan fingerprint density at radius 3 is 2.40 bits per heavy atom. The van der Waals surface area contributed by atoms with Gasteiger partial charge in [0.2, 0.25) is 0 Å². The van der Waals surface area contributed by atoms with E-state index in [-0.39, 0.29) is 0 Å². The summed E-state index contributed by atoms with van der Waals surface area (Å²) >= 11 is 0. The Labute approximate surface area is 94.0 Å². The van der Waals surface area contributed by atoms with Gasteiger partial charge in [0.05, 0.1) is 0 Å². The Kier molecular flexibility index (Phi) is 4.14. The smallest absolute Gasteiger partial charge is 0.0203 e. The summed E-state index contributed by atoms with van der Waals surface area (Å²) in [4.78, 5) is 0. The maximum Gasteiger partial charge on any atom is -0.0203 e. The lowest BCUT2D eigenvalue weighted by atomic mass is 9.95. The average molecular weight is 202 g/mol. The fourth-order valence-electron chi connectivity index (χ4n) is 1.57. The molecule has 0 N–H and O–H groups in total. The van der Waals surface area contributed by atoms with E-state index < -0.39 is 0 Å². The largest absolute Gasteiger partial charge is 0.0877 e. The lowest BCUT2D eigenvalue weighted by Crippen LogP contribution is -1.98. The summed E-state index contributed by atoms with van der Waals surface area (Å²) in [7, 11) is 0. The van der Waals surface area contributed by atoms with Gasteiger partial charge in [0.15, 0.2) is 0 Å². The topological polar surface area (TPSA) is 0 Å². The summed E-state index contributed by atoms with van der Waals surface area (Å²) in [6, 6.07) is 8.63. The van der Waals surface area contributed by atoms with Crippen LogP contribution < -0.4 is 0 Å². The first-order valence-electron chi connectivity index (χ1n) is 5.71. The SMILES string of the molecule is Cc1ccccc1CC/C=C/C(C)(C)C. The van der Waals surface area contributed by atoms with Crippen molar-refractivity contribution in [1.82, 2.24) is 0 Å². The summed E-state index contributed by atoms with van der Waals surface area (Å²) in [5.74, 6) is 0. The standard InChI is InChI=1S/C15H22/c1-13-9-5-6-10-14(13)11-7-8-12-15(2,3)4/h5-6,8-10,12H,7,11H2,1-4H3/b12-8+. The third-order valence-corrected chi connectivity index (χ3v) is 2.46. The van der Waals surface area contributed by atoms with Crippen LogP contribution in [0, 0.1) is 12.3 Å². The molecule has 0 amide bonds. The van der Waals surface area contributed by atoms with Crippen molar-refractivity contribution >= 4 is 0 Å². The zero-order valence-corrected chi connectivity index (χ0v) is 10.4. The van der Waals surface area contributed by atoms with Gasteiger partial charge in [-0.2, -0.15) is 0 Å². The molecule has 15 heavy (non-hydrogen) atoms. The maximum absolute atomic E-state index is 2.30. The molecule has 1 rings (SSSR count). The van der Waals surface area contributed by atoms with Gasteiger partial charge in [0.25, 0.3) is 0 Å². The lowest BCUT2D eigenvalue weighted by Gasteiger charge is -2.11. The molecule has 0 aromatic heterocycles. The molecule has 0 bridgehead atoms. The van der Waals surface area contributed by atoms with E-state index in [1.54, 1.807) is 0 Å². The molecule has 0 saturated carbocycles. The van der Waals surface area contributed by atoms with E-state index in [2.05, 4.69) is 64.1 Å². The number of hydrogen-bond acceptors (Lipinski definition) is 0. The second-order valence-electron chi connectivity index (χ2n) is 5.23. The summed E-state index contributed by atoms with van der Waals surface area (Å²) in [6.45, 7) is 8.88. The van der Waals surface area contributed by atoms with Crippen LogP contribution in [0.25, 0.3) is 0 Å². The molecule has 1 aromatic carbocycles. The van der Waals surface area contributed by atoms with Gasteiger partial charge in [0.1, 0.15) is 0 Å². The van der Waals surface area contributed by atoms with E-state index in [0.29, 0.717) is 5.41 Å². The Morgan fingerprint density at radius 2 is 1.80 bits per heavy atom. The second kappa shape index (κ2) is 5.16.